The molecule has 0 unspecified atom stereocenters. The lowest BCUT2D eigenvalue weighted by Gasteiger charge is -2.17. The first kappa shape index (κ1) is 16.6. The zero-order valence-corrected chi connectivity index (χ0v) is 10.7. The van der Waals surface area contributed by atoms with Gasteiger partial charge in [-0.05, 0) is 35.4 Å². The Morgan fingerprint density at radius 1 is 1.05 bits per heavy atom. The second-order valence-corrected chi connectivity index (χ2v) is 4.35. The number of carbonyl (C=O) groups excluding carboxylic acids is 1. The highest BCUT2D eigenvalue weighted by Crippen LogP contribution is 2.36. The molecule has 0 heterocycles. The first-order valence-corrected chi connectivity index (χ1v) is 5.48. The number of hydrogen-bond acceptors (Lipinski definition) is 1. The van der Waals surface area contributed by atoms with Crippen molar-refractivity contribution in [2.24, 2.45) is 0 Å². The molecule has 0 radical (unpaired) electrons. The van der Waals surface area contributed by atoms with Crippen LogP contribution >= 0.6 is 11.6 Å². The van der Waals surface area contributed by atoms with Crippen LogP contribution in [0.2, 0.25) is 0 Å². The van der Waals surface area contributed by atoms with Crippen LogP contribution in [0.4, 0.5) is 31.1 Å². The summed E-state index contributed by atoms with van der Waals surface area (Å²) in [6.07, 6.45) is -9.83. The number of hydrogen-bond donors (Lipinski definition) is 0. The summed E-state index contributed by atoms with van der Waals surface area (Å²) in [4.78, 5) is 11.5. The van der Waals surface area contributed by atoms with Gasteiger partial charge >= 0.3 is 17.7 Å². The number of nitrogens with zero attached hydrogens (tertiary/aromatic N) is 1. The Bertz CT molecular complexity index is 478. The van der Waals surface area contributed by atoms with Crippen molar-refractivity contribution in [3.8, 4) is 0 Å². The van der Waals surface area contributed by atoms with E-state index < -0.39 is 35.4 Å². The number of rotatable bonds is 2. The molecule has 0 atom stereocenters. The van der Waals surface area contributed by atoms with Crippen LogP contribution in [0.25, 0.3) is 0 Å². The van der Waals surface area contributed by atoms with Crippen molar-refractivity contribution in [1.82, 2.24) is 4.90 Å². The smallest absolute Gasteiger partial charge is 0.328 e. The lowest BCUT2D eigenvalue weighted by molar-refractivity contribution is -0.143. The van der Waals surface area contributed by atoms with Gasteiger partial charge in [0.15, 0.2) is 0 Å². The predicted octanol–water partition coefficient (Wildman–Crippen LogP) is 4.51. The summed E-state index contributed by atoms with van der Waals surface area (Å²) < 4.78 is 75.3. The minimum Gasteiger partial charge on any atom is -0.328 e. The minimum absolute atomic E-state index is 0.0199. The molecule has 0 aliphatic rings. The Kier molecular flexibility index (Phi) is 4.58. The molecule has 0 bridgehead atoms. The Balaban J connectivity index is 3.28. The summed E-state index contributed by atoms with van der Waals surface area (Å²) in [5.74, 6) is 0. The van der Waals surface area contributed by atoms with Gasteiger partial charge in [0.1, 0.15) is 0 Å². The highest BCUT2D eigenvalue weighted by Gasteiger charge is 2.36. The molecule has 1 rings (SSSR count). The normalized spacial score (nSPS) is 12.4. The fraction of sp³-hybridized carbons (Fsp3) is 0.364. The SMILES string of the molecule is CN(Cc1cc(C(F)(F)F)cc(C(F)(F)F)c1)C(=O)Cl. The van der Waals surface area contributed by atoms with Gasteiger partial charge in [0.2, 0.25) is 0 Å². The molecule has 0 aromatic heterocycles. The van der Waals surface area contributed by atoms with Gasteiger partial charge in [0.05, 0.1) is 11.1 Å². The molecule has 0 fully saturated rings. The van der Waals surface area contributed by atoms with E-state index in [1.807, 2.05) is 0 Å². The minimum atomic E-state index is -4.92. The van der Waals surface area contributed by atoms with Crippen molar-refractivity contribution >= 4 is 17.0 Å². The topological polar surface area (TPSA) is 20.3 Å². The summed E-state index contributed by atoms with van der Waals surface area (Å²) in [5.41, 5.74) is -3.18. The molecule has 1 aromatic carbocycles. The molecular formula is C11H8ClF6NO. The Hall–Kier alpha value is -1.44. The van der Waals surface area contributed by atoms with Gasteiger partial charge < -0.3 is 4.90 Å². The van der Waals surface area contributed by atoms with Gasteiger partial charge in [-0.2, -0.15) is 26.3 Å². The molecule has 0 aliphatic carbocycles. The molecule has 9 heteroatoms. The third-order valence-corrected chi connectivity index (χ3v) is 2.66. The lowest BCUT2D eigenvalue weighted by atomic mass is 10.0. The molecule has 112 valence electrons. The van der Waals surface area contributed by atoms with E-state index >= 15 is 0 Å². The van der Waals surface area contributed by atoms with E-state index in [-0.39, 0.29) is 11.6 Å². The second-order valence-electron chi connectivity index (χ2n) is 4.02. The van der Waals surface area contributed by atoms with E-state index in [1.54, 1.807) is 0 Å². The average Bonchev–Trinajstić information content (AvgIpc) is 2.26. The van der Waals surface area contributed by atoms with Gasteiger partial charge in [-0.15, -0.1) is 0 Å². The Morgan fingerprint density at radius 2 is 1.45 bits per heavy atom. The molecule has 0 spiro atoms. The van der Waals surface area contributed by atoms with Crippen LogP contribution < -0.4 is 0 Å². The average molecular weight is 320 g/mol. The number of benzene rings is 1. The maximum absolute atomic E-state index is 12.6. The largest absolute Gasteiger partial charge is 0.416 e. The van der Waals surface area contributed by atoms with E-state index in [0.29, 0.717) is 12.1 Å². The number of alkyl halides is 6. The third-order valence-electron chi connectivity index (χ3n) is 2.37. The van der Waals surface area contributed by atoms with Crippen LogP contribution in [-0.2, 0) is 18.9 Å². The van der Waals surface area contributed by atoms with E-state index in [0.717, 1.165) is 11.9 Å². The van der Waals surface area contributed by atoms with Crippen LogP contribution in [0.3, 0.4) is 0 Å². The van der Waals surface area contributed by atoms with Gasteiger partial charge in [-0.3, -0.25) is 4.79 Å². The van der Waals surface area contributed by atoms with Crippen molar-refractivity contribution in [3.63, 3.8) is 0 Å². The highest BCUT2D eigenvalue weighted by atomic mass is 35.5. The van der Waals surface area contributed by atoms with Gasteiger partial charge in [-0.1, -0.05) is 0 Å². The summed E-state index contributed by atoms with van der Waals surface area (Å²) >= 11 is 5.08. The lowest BCUT2D eigenvalue weighted by Crippen LogP contribution is -2.21. The summed E-state index contributed by atoms with van der Waals surface area (Å²) in [6, 6.07) is 1.11. The van der Waals surface area contributed by atoms with Crippen LogP contribution in [0.5, 0.6) is 0 Å². The van der Waals surface area contributed by atoms with Gasteiger partial charge in [-0.25, -0.2) is 0 Å². The molecule has 1 aromatic rings. The zero-order chi connectivity index (χ0) is 15.7. The quantitative estimate of drug-likeness (QED) is 0.446. The van der Waals surface area contributed by atoms with E-state index in [1.165, 1.54) is 0 Å². The Morgan fingerprint density at radius 3 is 1.75 bits per heavy atom. The van der Waals surface area contributed by atoms with Crippen LogP contribution in [-0.4, -0.2) is 17.3 Å². The van der Waals surface area contributed by atoms with Crippen molar-refractivity contribution in [2.75, 3.05) is 7.05 Å². The molecule has 0 saturated heterocycles. The van der Waals surface area contributed by atoms with Crippen LogP contribution in [0.1, 0.15) is 16.7 Å². The predicted molar refractivity (Wildman–Crippen MR) is 59.2 cm³/mol. The molecule has 0 N–H and O–H groups in total. The van der Waals surface area contributed by atoms with Crippen LogP contribution in [0, 0.1) is 0 Å². The molecule has 0 aliphatic heterocycles. The first-order chi connectivity index (χ1) is 8.91. The van der Waals surface area contributed by atoms with E-state index in [2.05, 4.69) is 0 Å². The van der Waals surface area contributed by atoms with Crippen molar-refractivity contribution in [1.29, 1.82) is 0 Å². The highest BCUT2D eigenvalue weighted by molar-refractivity contribution is 6.62. The van der Waals surface area contributed by atoms with Crippen molar-refractivity contribution in [3.05, 3.63) is 34.9 Å². The van der Waals surface area contributed by atoms with Crippen LogP contribution in [0.15, 0.2) is 18.2 Å². The third kappa shape index (κ3) is 4.29. The molecule has 0 saturated carbocycles. The maximum atomic E-state index is 12.6. The molecular weight excluding hydrogens is 312 g/mol. The van der Waals surface area contributed by atoms with E-state index in [9.17, 15) is 31.1 Å². The van der Waals surface area contributed by atoms with Crippen molar-refractivity contribution in [2.45, 2.75) is 18.9 Å². The fourth-order valence-corrected chi connectivity index (χ4v) is 1.51. The second kappa shape index (κ2) is 5.51. The summed E-state index contributed by atoms with van der Waals surface area (Å²) in [7, 11) is 1.16. The monoisotopic (exact) mass is 319 g/mol. The number of halogens is 7. The summed E-state index contributed by atoms with van der Waals surface area (Å²) in [5, 5.41) is -0.990. The van der Waals surface area contributed by atoms with Gasteiger partial charge in [0.25, 0.3) is 0 Å². The standard InChI is InChI=1S/C11H8ClF6NO/c1-19(9(12)20)5-6-2-7(10(13,14)15)4-8(3-6)11(16,17)18/h2-4H,5H2,1H3. The number of amides is 1. The Labute approximate surface area is 114 Å². The van der Waals surface area contributed by atoms with Gasteiger partial charge in [0, 0.05) is 13.6 Å². The maximum Gasteiger partial charge on any atom is 0.416 e. The first-order valence-electron chi connectivity index (χ1n) is 5.10. The molecule has 2 nitrogen and oxygen atoms in total. The molecule has 20 heavy (non-hydrogen) atoms. The van der Waals surface area contributed by atoms with E-state index in [4.69, 9.17) is 11.6 Å². The van der Waals surface area contributed by atoms with Crippen molar-refractivity contribution < 1.29 is 31.1 Å². The summed E-state index contributed by atoms with van der Waals surface area (Å²) in [6.45, 7) is -0.463. The molecule has 1 amide bonds. The fourth-order valence-electron chi connectivity index (χ4n) is 1.45. The zero-order valence-electron chi connectivity index (χ0n) is 9.94. The number of carbonyl (C=O) groups is 1.